The molecule has 1 aliphatic rings. The standard InChI is InChI=1S/C19H20ClN3OS/c1-3-23-12(2)7-8-13-5-4-6-17(18(13)23)25(24)19-21-15-10-9-14(20)11-16(15)22-19/h4-6,9-12H,3,7-8H2,1-2H3,(H,21,22). The Bertz CT molecular complexity index is 968. The molecule has 25 heavy (non-hydrogen) atoms. The Hall–Kier alpha value is -1.85. The van der Waals surface area contributed by atoms with Crippen LogP contribution in [0.4, 0.5) is 5.69 Å². The second-order valence-electron chi connectivity index (χ2n) is 6.41. The molecule has 130 valence electrons. The smallest absolute Gasteiger partial charge is 0.202 e. The first kappa shape index (κ1) is 16.6. The van der Waals surface area contributed by atoms with Gasteiger partial charge >= 0.3 is 0 Å². The number of anilines is 1. The first-order chi connectivity index (χ1) is 12.1. The summed E-state index contributed by atoms with van der Waals surface area (Å²) in [6, 6.07) is 12.0. The fourth-order valence-electron chi connectivity index (χ4n) is 3.61. The molecular weight excluding hydrogens is 354 g/mol. The highest BCUT2D eigenvalue weighted by atomic mass is 35.5. The zero-order chi connectivity index (χ0) is 17.6. The number of aryl methyl sites for hydroxylation is 1. The quantitative estimate of drug-likeness (QED) is 0.733. The van der Waals surface area contributed by atoms with Gasteiger partial charge in [0.25, 0.3) is 0 Å². The molecule has 2 atom stereocenters. The Labute approximate surface area is 154 Å². The number of aromatic amines is 1. The van der Waals surface area contributed by atoms with Crippen LogP contribution in [0.1, 0.15) is 25.8 Å². The van der Waals surface area contributed by atoms with Crippen LogP contribution in [0.3, 0.4) is 0 Å². The second kappa shape index (κ2) is 6.46. The second-order valence-corrected chi connectivity index (χ2v) is 8.21. The molecule has 2 aromatic carbocycles. The number of benzene rings is 2. The monoisotopic (exact) mass is 373 g/mol. The van der Waals surface area contributed by atoms with Crippen LogP contribution in [0.15, 0.2) is 46.5 Å². The van der Waals surface area contributed by atoms with Crippen molar-refractivity contribution in [2.75, 3.05) is 11.4 Å². The van der Waals surface area contributed by atoms with Gasteiger partial charge in [-0.3, -0.25) is 0 Å². The number of hydrogen-bond acceptors (Lipinski definition) is 3. The fraction of sp³-hybridized carbons (Fsp3) is 0.316. The first-order valence-corrected chi connectivity index (χ1v) is 10.1. The zero-order valence-electron chi connectivity index (χ0n) is 14.3. The summed E-state index contributed by atoms with van der Waals surface area (Å²) < 4.78 is 13.3. The van der Waals surface area contributed by atoms with Crippen molar-refractivity contribution >= 4 is 39.1 Å². The summed E-state index contributed by atoms with van der Waals surface area (Å²) in [4.78, 5) is 10.9. The Balaban J connectivity index is 1.82. The first-order valence-electron chi connectivity index (χ1n) is 8.54. The third-order valence-electron chi connectivity index (χ3n) is 4.87. The maximum atomic E-state index is 13.3. The van der Waals surface area contributed by atoms with Crippen molar-refractivity contribution in [3.63, 3.8) is 0 Å². The Kier molecular flexibility index (Phi) is 4.29. The predicted octanol–water partition coefficient (Wildman–Crippen LogP) is 4.54. The van der Waals surface area contributed by atoms with E-state index in [1.165, 1.54) is 5.56 Å². The Morgan fingerprint density at radius 3 is 3.00 bits per heavy atom. The van der Waals surface area contributed by atoms with E-state index in [2.05, 4.69) is 34.8 Å². The van der Waals surface area contributed by atoms with Crippen molar-refractivity contribution < 1.29 is 4.21 Å². The normalized spacial score (nSPS) is 18.4. The molecule has 6 heteroatoms. The lowest BCUT2D eigenvalue weighted by Gasteiger charge is -2.37. The minimum absolute atomic E-state index is 0.449. The largest absolute Gasteiger partial charge is 0.368 e. The van der Waals surface area contributed by atoms with Gasteiger partial charge in [0.1, 0.15) is 10.8 Å². The van der Waals surface area contributed by atoms with Gasteiger partial charge in [-0.25, -0.2) is 9.19 Å². The van der Waals surface area contributed by atoms with Gasteiger partial charge in [-0.05, 0) is 56.5 Å². The topological polar surface area (TPSA) is 49.0 Å². The molecule has 0 fully saturated rings. The van der Waals surface area contributed by atoms with Crippen LogP contribution in [0.5, 0.6) is 0 Å². The van der Waals surface area contributed by atoms with Crippen molar-refractivity contribution in [3.05, 3.63) is 47.0 Å². The molecule has 2 heterocycles. The van der Waals surface area contributed by atoms with Crippen LogP contribution in [0.25, 0.3) is 11.0 Å². The van der Waals surface area contributed by atoms with Crippen LogP contribution in [-0.4, -0.2) is 26.8 Å². The predicted molar refractivity (Wildman–Crippen MR) is 103 cm³/mol. The molecule has 0 bridgehead atoms. The van der Waals surface area contributed by atoms with Crippen LogP contribution >= 0.6 is 11.6 Å². The van der Waals surface area contributed by atoms with E-state index in [9.17, 15) is 4.21 Å². The Morgan fingerprint density at radius 2 is 2.20 bits per heavy atom. The number of halogens is 1. The van der Waals surface area contributed by atoms with Gasteiger partial charge in [0, 0.05) is 17.6 Å². The average Bonchev–Trinajstić information content (AvgIpc) is 3.03. The van der Waals surface area contributed by atoms with E-state index in [4.69, 9.17) is 11.6 Å². The van der Waals surface area contributed by atoms with Gasteiger partial charge in [-0.1, -0.05) is 23.7 Å². The van der Waals surface area contributed by atoms with Crippen molar-refractivity contribution in [3.8, 4) is 0 Å². The molecule has 4 rings (SSSR count). The Morgan fingerprint density at radius 1 is 1.36 bits per heavy atom. The third-order valence-corrected chi connectivity index (χ3v) is 6.38. The summed E-state index contributed by atoms with van der Waals surface area (Å²) in [6.07, 6.45) is 2.15. The lowest BCUT2D eigenvalue weighted by atomic mass is 9.97. The number of fused-ring (bicyclic) bond motifs is 2. The molecule has 0 saturated heterocycles. The number of hydrogen-bond donors (Lipinski definition) is 1. The lowest BCUT2D eigenvalue weighted by molar-refractivity contribution is 0.567. The van der Waals surface area contributed by atoms with Gasteiger partial charge in [0.2, 0.25) is 5.16 Å². The summed E-state index contributed by atoms with van der Waals surface area (Å²) in [5.74, 6) is 0. The number of nitrogens with zero attached hydrogens (tertiary/aromatic N) is 2. The lowest BCUT2D eigenvalue weighted by Crippen LogP contribution is -2.37. The van der Waals surface area contributed by atoms with Crippen molar-refractivity contribution in [2.45, 2.75) is 42.8 Å². The van der Waals surface area contributed by atoms with Crippen molar-refractivity contribution in [1.82, 2.24) is 9.97 Å². The number of nitrogens with one attached hydrogen (secondary N) is 1. The van der Waals surface area contributed by atoms with E-state index in [-0.39, 0.29) is 0 Å². The summed E-state index contributed by atoms with van der Waals surface area (Å²) in [6.45, 7) is 5.28. The van der Waals surface area contributed by atoms with Crippen LogP contribution in [-0.2, 0) is 17.2 Å². The molecule has 1 N–H and O–H groups in total. The van der Waals surface area contributed by atoms with E-state index >= 15 is 0 Å². The number of para-hydroxylation sites is 1. The maximum absolute atomic E-state index is 13.3. The molecule has 1 aliphatic heterocycles. The number of aromatic nitrogens is 2. The molecule has 0 saturated carbocycles. The van der Waals surface area contributed by atoms with Crippen LogP contribution < -0.4 is 4.90 Å². The van der Waals surface area contributed by atoms with Crippen LogP contribution in [0, 0.1) is 0 Å². The molecule has 0 radical (unpaired) electrons. The van der Waals surface area contributed by atoms with Crippen LogP contribution in [0.2, 0.25) is 5.02 Å². The van der Waals surface area contributed by atoms with Crippen molar-refractivity contribution in [2.24, 2.45) is 0 Å². The van der Waals surface area contributed by atoms with Gasteiger partial charge in [0.05, 0.1) is 21.6 Å². The van der Waals surface area contributed by atoms with E-state index < -0.39 is 10.8 Å². The summed E-state index contributed by atoms with van der Waals surface area (Å²) in [7, 11) is -1.36. The molecule has 3 aromatic rings. The fourth-order valence-corrected chi connectivity index (χ4v) is 5.00. The van der Waals surface area contributed by atoms with E-state index in [0.29, 0.717) is 16.2 Å². The van der Waals surface area contributed by atoms with Gasteiger partial charge in [0.15, 0.2) is 0 Å². The molecule has 0 aliphatic carbocycles. The zero-order valence-corrected chi connectivity index (χ0v) is 15.8. The molecule has 4 nitrogen and oxygen atoms in total. The number of rotatable bonds is 3. The van der Waals surface area contributed by atoms with Crippen molar-refractivity contribution in [1.29, 1.82) is 0 Å². The molecule has 0 spiro atoms. The van der Waals surface area contributed by atoms with E-state index in [1.54, 1.807) is 6.07 Å². The molecule has 1 aromatic heterocycles. The maximum Gasteiger partial charge on any atom is 0.202 e. The number of imidazole rings is 1. The summed E-state index contributed by atoms with van der Waals surface area (Å²) >= 11 is 6.04. The molecule has 2 unspecified atom stereocenters. The highest BCUT2D eigenvalue weighted by Gasteiger charge is 2.27. The highest BCUT2D eigenvalue weighted by Crippen LogP contribution is 2.36. The highest BCUT2D eigenvalue weighted by molar-refractivity contribution is 7.85. The van der Waals surface area contributed by atoms with Gasteiger partial charge in [-0.2, -0.15) is 0 Å². The number of H-pyrrole nitrogens is 1. The summed E-state index contributed by atoms with van der Waals surface area (Å²) in [5, 5.41) is 1.11. The molecular formula is C19H20ClN3OS. The minimum Gasteiger partial charge on any atom is -0.368 e. The SMILES string of the molecule is CCN1c2c(cccc2S(=O)c2nc3ccc(Cl)cc3[nH]2)CCC1C. The minimum atomic E-state index is -1.36. The summed E-state index contributed by atoms with van der Waals surface area (Å²) in [5.41, 5.74) is 3.96. The molecule has 0 amide bonds. The van der Waals surface area contributed by atoms with E-state index in [1.807, 2.05) is 24.3 Å². The average molecular weight is 374 g/mol. The van der Waals surface area contributed by atoms with Gasteiger partial charge in [-0.15, -0.1) is 0 Å². The third kappa shape index (κ3) is 2.85. The van der Waals surface area contributed by atoms with E-state index in [0.717, 1.165) is 41.0 Å². The van der Waals surface area contributed by atoms with Gasteiger partial charge < -0.3 is 9.88 Å².